The van der Waals surface area contributed by atoms with Crippen LogP contribution in [0, 0.1) is 6.92 Å². The van der Waals surface area contributed by atoms with Gasteiger partial charge < -0.3 is 24.1 Å². The summed E-state index contributed by atoms with van der Waals surface area (Å²) in [6, 6.07) is 45.0. The van der Waals surface area contributed by atoms with Gasteiger partial charge in [-0.05, 0) is 47.4 Å². The largest absolute Gasteiger partial charge is 0.387 e. The Morgan fingerprint density at radius 1 is 0.647 bits per heavy atom. The predicted molar refractivity (Wildman–Crippen MR) is 195 cm³/mol. The lowest BCUT2D eigenvalue weighted by Crippen LogP contribution is -2.58. The second-order valence-corrected chi connectivity index (χ2v) is 14.5. The van der Waals surface area contributed by atoms with Gasteiger partial charge in [0, 0.05) is 5.39 Å². The highest BCUT2D eigenvalue weighted by atomic mass is 32.2. The number of ether oxygens (including phenoxy) is 4. The number of aryl methyl sites for hydroxylation is 1. The first-order valence-corrected chi connectivity index (χ1v) is 18.5. The molecule has 262 valence electrons. The molecule has 7 rings (SSSR count). The van der Waals surface area contributed by atoms with E-state index in [9.17, 15) is 13.5 Å². The standard InChI is InChI=1S/C42H41NO7S/c1-30-35-24-14-15-25-36(35)43(51(45,46)34-22-12-5-13-23-34)38(30)41-39(44)42(49-28-33-20-10-4-11-21-33)40(48-27-32-18-8-3-9-19-32)37(50-41)29-47-26-31-16-6-2-7-17-31/h2-25,37,39-42,44H,26-29H2,1H3/t37-,39-,40-,41+,42-/m0/s1. The Kier molecular flexibility index (Phi) is 10.7. The van der Waals surface area contributed by atoms with Crippen molar-refractivity contribution in [2.24, 2.45) is 0 Å². The lowest BCUT2D eigenvalue weighted by molar-refractivity contribution is -0.264. The topological polar surface area (TPSA) is 96.2 Å². The molecule has 1 saturated heterocycles. The fourth-order valence-electron chi connectivity index (χ4n) is 6.75. The normalized spacial score (nSPS) is 20.8. The summed E-state index contributed by atoms with van der Waals surface area (Å²) in [4.78, 5) is 0.126. The minimum absolute atomic E-state index is 0.105. The minimum atomic E-state index is -4.13. The molecule has 5 atom stereocenters. The number of hydrogen-bond donors (Lipinski definition) is 1. The van der Waals surface area contributed by atoms with Crippen LogP contribution in [0.2, 0.25) is 0 Å². The zero-order valence-corrected chi connectivity index (χ0v) is 29.1. The maximum atomic E-state index is 14.5. The van der Waals surface area contributed by atoms with Gasteiger partial charge in [-0.3, -0.25) is 0 Å². The first-order chi connectivity index (χ1) is 24.9. The first kappa shape index (κ1) is 34.8. The summed E-state index contributed by atoms with van der Waals surface area (Å²) in [5, 5.41) is 13.1. The van der Waals surface area contributed by atoms with Crippen LogP contribution >= 0.6 is 0 Å². The number of aliphatic hydroxyl groups is 1. The highest BCUT2D eigenvalue weighted by Gasteiger charge is 2.49. The van der Waals surface area contributed by atoms with Crippen LogP contribution in [0.5, 0.6) is 0 Å². The number of aromatic nitrogens is 1. The molecule has 0 amide bonds. The van der Waals surface area contributed by atoms with E-state index in [1.165, 1.54) is 3.97 Å². The number of aliphatic hydroxyl groups excluding tert-OH is 1. The molecule has 6 aromatic rings. The van der Waals surface area contributed by atoms with E-state index in [-0.39, 0.29) is 24.7 Å². The third kappa shape index (κ3) is 7.55. The molecule has 0 radical (unpaired) electrons. The van der Waals surface area contributed by atoms with Crippen LogP contribution in [0.25, 0.3) is 10.9 Å². The van der Waals surface area contributed by atoms with E-state index in [4.69, 9.17) is 18.9 Å². The predicted octanol–water partition coefficient (Wildman–Crippen LogP) is 7.38. The number of hydrogen-bond acceptors (Lipinski definition) is 7. The van der Waals surface area contributed by atoms with Gasteiger partial charge in [-0.1, -0.05) is 127 Å². The lowest BCUT2D eigenvalue weighted by atomic mass is 9.91. The molecule has 51 heavy (non-hydrogen) atoms. The summed E-state index contributed by atoms with van der Waals surface area (Å²) in [6.45, 7) is 2.74. The molecule has 1 fully saturated rings. The molecule has 2 heterocycles. The molecule has 1 aliphatic rings. The zero-order chi connectivity index (χ0) is 35.2. The van der Waals surface area contributed by atoms with Gasteiger partial charge in [0.05, 0.1) is 42.5 Å². The van der Waals surface area contributed by atoms with E-state index in [0.29, 0.717) is 23.4 Å². The van der Waals surface area contributed by atoms with Crippen LogP contribution in [0.15, 0.2) is 150 Å². The summed E-state index contributed by atoms with van der Waals surface area (Å²) >= 11 is 0. The molecular weight excluding hydrogens is 663 g/mol. The Balaban J connectivity index is 1.31. The Labute approximate surface area is 298 Å². The number of para-hydroxylation sites is 1. The molecule has 1 N–H and O–H groups in total. The van der Waals surface area contributed by atoms with Gasteiger partial charge in [-0.15, -0.1) is 0 Å². The van der Waals surface area contributed by atoms with Crippen molar-refractivity contribution < 1.29 is 32.5 Å². The van der Waals surface area contributed by atoms with Crippen LogP contribution in [0.4, 0.5) is 0 Å². The number of nitrogens with zero attached hydrogens (tertiary/aromatic N) is 1. The van der Waals surface area contributed by atoms with Crippen molar-refractivity contribution in [3.63, 3.8) is 0 Å². The van der Waals surface area contributed by atoms with E-state index in [2.05, 4.69) is 0 Å². The van der Waals surface area contributed by atoms with E-state index in [1.54, 1.807) is 42.5 Å². The third-order valence-corrected chi connectivity index (χ3v) is 11.0. The fourth-order valence-corrected chi connectivity index (χ4v) is 8.38. The van der Waals surface area contributed by atoms with E-state index in [0.717, 1.165) is 22.1 Å². The van der Waals surface area contributed by atoms with Crippen molar-refractivity contribution in [3.05, 3.63) is 174 Å². The SMILES string of the molecule is Cc1c([C@H]2O[C@@H](COCc3ccccc3)[C@H](OCc3ccccc3)[C@@H](OCc3ccccc3)[C@H]2O)n(S(=O)(=O)c2ccccc2)c2ccccc12. The Morgan fingerprint density at radius 3 is 1.73 bits per heavy atom. The highest BCUT2D eigenvalue weighted by molar-refractivity contribution is 7.90. The van der Waals surface area contributed by atoms with Crippen LogP contribution in [0.3, 0.4) is 0 Å². The summed E-state index contributed by atoms with van der Waals surface area (Å²) < 4.78 is 56.6. The van der Waals surface area contributed by atoms with Crippen molar-refractivity contribution in [2.45, 2.75) is 62.2 Å². The molecule has 0 aliphatic carbocycles. The van der Waals surface area contributed by atoms with Gasteiger partial charge in [-0.25, -0.2) is 12.4 Å². The van der Waals surface area contributed by atoms with Crippen LogP contribution in [-0.4, -0.2) is 48.5 Å². The smallest absolute Gasteiger partial charge is 0.268 e. The van der Waals surface area contributed by atoms with E-state index in [1.807, 2.05) is 110 Å². The number of benzene rings is 5. The van der Waals surface area contributed by atoms with Gasteiger partial charge in [0.15, 0.2) is 0 Å². The first-order valence-electron chi connectivity index (χ1n) is 17.1. The van der Waals surface area contributed by atoms with Gasteiger partial charge in [0.1, 0.15) is 30.5 Å². The molecule has 0 saturated carbocycles. The van der Waals surface area contributed by atoms with Crippen molar-refractivity contribution in [2.75, 3.05) is 6.61 Å². The summed E-state index contributed by atoms with van der Waals surface area (Å²) in [5.74, 6) is 0. The van der Waals surface area contributed by atoms with Gasteiger partial charge in [0.25, 0.3) is 10.0 Å². The Bertz CT molecular complexity index is 2120. The quantitative estimate of drug-likeness (QED) is 0.134. The molecule has 1 aliphatic heterocycles. The summed E-state index contributed by atoms with van der Waals surface area (Å²) in [5.41, 5.74) is 4.37. The van der Waals surface area contributed by atoms with Crippen molar-refractivity contribution in [1.29, 1.82) is 0 Å². The number of fused-ring (bicyclic) bond motifs is 1. The molecule has 1 aromatic heterocycles. The van der Waals surface area contributed by atoms with Gasteiger partial charge in [-0.2, -0.15) is 0 Å². The third-order valence-electron chi connectivity index (χ3n) is 9.30. The monoisotopic (exact) mass is 703 g/mol. The molecule has 9 heteroatoms. The second-order valence-electron chi connectivity index (χ2n) is 12.7. The highest BCUT2D eigenvalue weighted by Crippen LogP contribution is 2.42. The molecule has 5 aromatic carbocycles. The Hall–Kier alpha value is -4.61. The average molecular weight is 704 g/mol. The van der Waals surface area contributed by atoms with Crippen LogP contribution in [-0.2, 0) is 48.8 Å². The zero-order valence-electron chi connectivity index (χ0n) is 28.3. The second kappa shape index (κ2) is 15.7. The molecule has 0 unspecified atom stereocenters. The fraction of sp³-hybridized carbons (Fsp3) is 0.238. The van der Waals surface area contributed by atoms with Crippen molar-refractivity contribution >= 4 is 20.9 Å². The van der Waals surface area contributed by atoms with Gasteiger partial charge in [0.2, 0.25) is 0 Å². The maximum absolute atomic E-state index is 14.5. The number of rotatable bonds is 13. The van der Waals surface area contributed by atoms with E-state index >= 15 is 0 Å². The lowest BCUT2D eigenvalue weighted by Gasteiger charge is -2.45. The maximum Gasteiger partial charge on any atom is 0.268 e. The van der Waals surface area contributed by atoms with Crippen molar-refractivity contribution in [1.82, 2.24) is 3.97 Å². The molecular formula is C42H41NO7S. The molecule has 8 nitrogen and oxygen atoms in total. The molecule has 0 spiro atoms. The van der Waals surface area contributed by atoms with Crippen LogP contribution in [0.1, 0.15) is 34.1 Å². The van der Waals surface area contributed by atoms with Crippen LogP contribution < -0.4 is 0 Å². The Morgan fingerprint density at radius 2 is 1.14 bits per heavy atom. The summed E-state index contributed by atoms with van der Waals surface area (Å²) in [7, 11) is -4.13. The van der Waals surface area contributed by atoms with Gasteiger partial charge >= 0.3 is 0 Å². The summed E-state index contributed by atoms with van der Waals surface area (Å²) in [6.07, 6.45) is -4.84. The van der Waals surface area contributed by atoms with E-state index < -0.39 is 40.5 Å². The average Bonchev–Trinajstić information content (AvgIpc) is 3.48. The van der Waals surface area contributed by atoms with Crippen molar-refractivity contribution in [3.8, 4) is 0 Å². The minimum Gasteiger partial charge on any atom is -0.387 e. The molecule has 0 bridgehead atoms.